The van der Waals surface area contributed by atoms with Crippen molar-refractivity contribution in [3.63, 3.8) is 0 Å². The third-order valence-electron chi connectivity index (χ3n) is 6.66. The summed E-state index contributed by atoms with van der Waals surface area (Å²) in [7, 11) is 2.18. The lowest BCUT2D eigenvalue weighted by Gasteiger charge is -2.48. The number of rotatable bonds is 3. The Kier molecular flexibility index (Phi) is 5.29. The Balaban J connectivity index is 1.66. The van der Waals surface area contributed by atoms with Crippen LogP contribution in [0.1, 0.15) is 45.4 Å². The highest BCUT2D eigenvalue weighted by Crippen LogP contribution is 2.48. The number of ether oxygens (including phenoxy) is 1. The first-order valence-electron chi connectivity index (χ1n) is 9.35. The highest BCUT2D eigenvalue weighted by Gasteiger charge is 2.46. The highest BCUT2D eigenvalue weighted by molar-refractivity contribution is 5.80. The molecule has 4 atom stereocenters. The number of nitrogens with zero attached hydrogens (tertiary/aromatic N) is 2. The predicted octanol–water partition coefficient (Wildman–Crippen LogP) is 1.67. The number of piperazine rings is 1. The van der Waals surface area contributed by atoms with E-state index in [0.29, 0.717) is 11.8 Å². The van der Waals surface area contributed by atoms with Crippen LogP contribution in [-0.2, 0) is 9.53 Å². The number of hydrogen-bond donors (Lipinski definition) is 1. The lowest BCUT2D eigenvalue weighted by molar-refractivity contribution is -0.145. The second-order valence-electron chi connectivity index (χ2n) is 8.08. The van der Waals surface area contributed by atoms with Gasteiger partial charge in [-0.15, -0.1) is 0 Å². The van der Waals surface area contributed by atoms with Gasteiger partial charge in [-0.1, -0.05) is 19.8 Å². The van der Waals surface area contributed by atoms with Crippen LogP contribution < -0.4 is 5.73 Å². The Morgan fingerprint density at radius 3 is 2.61 bits per heavy atom. The van der Waals surface area contributed by atoms with Crippen LogP contribution in [0.25, 0.3) is 0 Å². The zero-order chi connectivity index (χ0) is 16.4. The topological polar surface area (TPSA) is 58.8 Å². The van der Waals surface area contributed by atoms with Crippen LogP contribution in [0.15, 0.2) is 0 Å². The monoisotopic (exact) mass is 323 g/mol. The van der Waals surface area contributed by atoms with E-state index in [2.05, 4.69) is 23.8 Å². The van der Waals surface area contributed by atoms with E-state index < -0.39 is 0 Å². The molecule has 1 saturated carbocycles. The molecule has 2 saturated heterocycles. The summed E-state index contributed by atoms with van der Waals surface area (Å²) < 4.78 is 6.09. The van der Waals surface area contributed by atoms with Gasteiger partial charge < -0.3 is 15.4 Å². The van der Waals surface area contributed by atoms with Crippen LogP contribution in [0.2, 0.25) is 0 Å². The first-order valence-corrected chi connectivity index (χ1v) is 9.35. The number of carbonyl (C=O) groups is 1. The molecule has 0 aromatic rings. The normalized spacial score (nSPS) is 40.9. The van der Waals surface area contributed by atoms with Crippen LogP contribution in [-0.4, -0.2) is 61.8 Å². The van der Waals surface area contributed by atoms with E-state index in [4.69, 9.17) is 10.5 Å². The van der Waals surface area contributed by atoms with E-state index in [1.807, 2.05) is 0 Å². The maximum absolute atomic E-state index is 12.1. The number of amides is 1. The molecule has 2 aliphatic heterocycles. The van der Waals surface area contributed by atoms with Crippen LogP contribution in [0, 0.1) is 17.3 Å². The second kappa shape index (κ2) is 7.08. The van der Waals surface area contributed by atoms with Crippen LogP contribution in [0.5, 0.6) is 0 Å². The van der Waals surface area contributed by atoms with Gasteiger partial charge >= 0.3 is 0 Å². The van der Waals surface area contributed by atoms with Crippen molar-refractivity contribution in [2.45, 2.75) is 51.7 Å². The molecule has 3 fully saturated rings. The molecule has 0 bridgehead atoms. The maximum Gasteiger partial charge on any atom is 0.223 e. The molecule has 4 unspecified atom stereocenters. The Morgan fingerprint density at radius 1 is 1.17 bits per heavy atom. The molecule has 1 amide bonds. The van der Waals surface area contributed by atoms with Crippen LogP contribution in [0.3, 0.4) is 0 Å². The molecule has 2 heterocycles. The van der Waals surface area contributed by atoms with Crippen molar-refractivity contribution in [1.82, 2.24) is 9.80 Å². The third-order valence-corrected chi connectivity index (χ3v) is 6.66. The standard InChI is InChI=1S/C18H33N3O2/c1-18(17(19)22)7-4-3-5-15(18)14-6-12-23-16(13-14)21-10-8-20(2)9-11-21/h14-16H,3-13H2,1-2H3,(H2,19,22). The summed E-state index contributed by atoms with van der Waals surface area (Å²) in [5, 5.41) is 0. The Labute approximate surface area is 140 Å². The van der Waals surface area contributed by atoms with Gasteiger partial charge in [0.15, 0.2) is 0 Å². The number of hydrogen-bond acceptors (Lipinski definition) is 4. The van der Waals surface area contributed by atoms with Gasteiger partial charge in [-0.2, -0.15) is 0 Å². The van der Waals surface area contributed by atoms with Gasteiger partial charge in [0.25, 0.3) is 0 Å². The van der Waals surface area contributed by atoms with Gasteiger partial charge in [-0.25, -0.2) is 0 Å². The predicted molar refractivity (Wildman–Crippen MR) is 90.8 cm³/mol. The van der Waals surface area contributed by atoms with E-state index in [1.54, 1.807) is 0 Å². The molecule has 132 valence electrons. The smallest absolute Gasteiger partial charge is 0.223 e. The van der Waals surface area contributed by atoms with Gasteiger partial charge in [0.05, 0.1) is 0 Å². The molecular weight excluding hydrogens is 290 g/mol. The van der Waals surface area contributed by atoms with E-state index in [1.165, 1.54) is 6.42 Å². The lowest BCUT2D eigenvalue weighted by atomic mass is 9.60. The second-order valence-corrected chi connectivity index (χ2v) is 8.08. The summed E-state index contributed by atoms with van der Waals surface area (Å²) in [5.74, 6) is 0.920. The Morgan fingerprint density at radius 2 is 1.91 bits per heavy atom. The quantitative estimate of drug-likeness (QED) is 0.858. The summed E-state index contributed by atoms with van der Waals surface area (Å²) in [6.07, 6.45) is 6.88. The average molecular weight is 323 g/mol. The molecule has 5 nitrogen and oxygen atoms in total. The summed E-state index contributed by atoms with van der Waals surface area (Å²) in [6.45, 7) is 7.35. The summed E-state index contributed by atoms with van der Waals surface area (Å²) >= 11 is 0. The molecule has 3 rings (SSSR count). The first kappa shape index (κ1) is 17.2. The fraction of sp³-hybridized carbons (Fsp3) is 0.944. The van der Waals surface area contributed by atoms with Gasteiger partial charge in [-0.05, 0) is 44.6 Å². The molecule has 2 N–H and O–H groups in total. The molecule has 3 aliphatic rings. The fourth-order valence-corrected chi connectivity index (χ4v) is 4.95. The Hall–Kier alpha value is -0.650. The van der Waals surface area contributed by atoms with Gasteiger partial charge in [0.2, 0.25) is 5.91 Å². The van der Waals surface area contributed by atoms with Crippen molar-refractivity contribution in [2.24, 2.45) is 23.0 Å². The zero-order valence-corrected chi connectivity index (χ0v) is 14.8. The summed E-state index contributed by atoms with van der Waals surface area (Å²) in [6, 6.07) is 0. The fourth-order valence-electron chi connectivity index (χ4n) is 4.95. The summed E-state index contributed by atoms with van der Waals surface area (Å²) in [4.78, 5) is 17.0. The number of carbonyl (C=O) groups excluding carboxylic acids is 1. The minimum absolute atomic E-state index is 0.0927. The SMILES string of the molecule is CN1CCN(C2CC(C3CCCCC3(C)C(N)=O)CCO2)CC1. The van der Waals surface area contributed by atoms with E-state index in [0.717, 1.165) is 64.9 Å². The molecule has 0 aromatic heterocycles. The zero-order valence-electron chi connectivity index (χ0n) is 14.8. The van der Waals surface area contributed by atoms with Crippen molar-refractivity contribution in [1.29, 1.82) is 0 Å². The lowest BCUT2D eigenvalue weighted by Crippen LogP contribution is -2.53. The molecular formula is C18H33N3O2. The van der Waals surface area contributed by atoms with E-state index >= 15 is 0 Å². The number of nitrogens with two attached hydrogens (primary N) is 1. The summed E-state index contributed by atoms with van der Waals surface area (Å²) in [5.41, 5.74) is 5.49. The van der Waals surface area contributed by atoms with Crippen molar-refractivity contribution in [2.75, 3.05) is 39.8 Å². The largest absolute Gasteiger partial charge is 0.369 e. The van der Waals surface area contributed by atoms with E-state index in [-0.39, 0.29) is 17.6 Å². The molecule has 23 heavy (non-hydrogen) atoms. The van der Waals surface area contributed by atoms with Gasteiger partial charge in [0.1, 0.15) is 6.23 Å². The highest BCUT2D eigenvalue weighted by atomic mass is 16.5. The Bertz CT molecular complexity index is 422. The van der Waals surface area contributed by atoms with Crippen LogP contribution in [0.4, 0.5) is 0 Å². The molecule has 0 aromatic carbocycles. The third kappa shape index (κ3) is 3.57. The number of likely N-dealkylation sites (N-methyl/N-ethyl adjacent to an activating group) is 1. The molecule has 0 radical (unpaired) electrons. The first-order chi connectivity index (χ1) is 11.0. The van der Waals surface area contributed by atoms with Gasteiger partial charge in [-0.3, -0.25) is 9.69 Å². The van der Waals surface area contributed by atoms with E-state index in [9.17, 15) is 4.79 Å². The molecule has 0 spiro atoms. The van der Waals surface area contributed by atoms with Crippen LogP contribution >= 0.6 is 0 Å². The maximum atomic E-state index is 12.1. The minimum Gasteiger partial charge on any atom is -0.369 e. The molecule has 5 heteroatoms. The van der Waals surface area contributed by atoms with Crippen molar-refractivity contribution in [3.05, 3.63) is 0 Å². The van der Waals surface area contributed by atoms with Crippen molar-refractivity contribution < 1.29 is 9.53 Å². The number of primary amides is 1. The molecule has 1 aliphatic carbocycles. The average Bonchev–Trinajstić information content (AvgIpc) is 2.56. The van der Waals surface area contributed by atoms with Crippen molar-refractivity contribution >= 4 is 5.91 Å². The van der Waals surface area contributed by atoms with Crippen molar-refractivity contribution in [3.8, 4) is 0 Å². The van der Waals surface area contributed by atoms with Gasteiger partial charge in [0, 0.05) is 38.2 Å². The minimum atomic E-state index is -0.313.